The Labute approximate surface area is 146 Å². The molecule has 2 aromatic rings. The highest BCUT2D eigenvalue weighted by Crippen LogP contribution is 2.18. The molecule has 0 aromatic heterocycles. The van der Waals surface area contributed by atoms with Gasteiger partial charge >= 0.3 is 0 Å². The molecule has 1 atom stereocenters. The molecule has 1 unspecified atom stereocenters. The van der Waals surface area contributed by atoms with E-state index in [0.717, 1.165) is 5.56 Å². The summed E-state index contributed by atoms with van der Waals surface area (Å²) in [5.74, 6) is -0.381. The van der Waals surface area contributed by atoms with E-state index in [1.807, 2.05) is 38.1 Å². The minimum Gasteiger partial charge on any atom is -0.505 e. The van der Waals surface area contributed by atoms with E-state index in [1.54, 1.807) is 6.07 Å². The van der Waals surface area contributed by atoms with Crippen LogP contribution in [0.25, 0.3) is 0 Å². The molecule has 0 spiro atoms. The quantitative estimate of drug-likeness (QED) is 0.565. The van der Waals surface area contributed by atoms with E-state index < -0.39 is 5.82 Å². The van der Waals surface area contributed by atoms with Crippen LogP contribution in [-0.4, -0.2) is 17.6 Å². The second-order valence-electron chi connectivity index (χ2n) is 5.40. The minimum atomic E-state index is -0.645. The Morgan fingerprint density at radius 3 is 2.75 bits per heavy atom. The first-order valence-corrected chi connectivity index (χ1v) is 8.15. The summed E-state index contributed by atoms with van der Waals surface area (Å²) in [6, 6.07) is 11.9. The van der Waals surface area contributed by atoms with E-state index in [0.29, 0.717) is 29.6 Å². The third kappa shape index (κ3) is 5.13. The predicted molar refractivity (Wildman–Crippen MR) is 95.9 cm³/mol. The molecule has 6 heteroatoms. The van der Waals surface area contributed by atoms with Crippen molar-refractivity contribution < 1.29 is 9.50 Å². The van der Waals surface area contributed by atoms with Gasteiger partial charge in [0.05, 0.1) is 12.6 Å². The number of nitrogens with one attached hydrogen (secondary N) is 2. The second kappa shape index (κ2) is 8.55. The Balaban J connectivity index is 2.08. The van der Waals surface area contributed by atoms with Crippen LogP contribution >= 0.6 is 11.6 Å². The fourth-order valence-corrected chi connectivity index (χ4v) is 2.40. The molecule has 0 aliphatic rings. The van der Waals surface area contributed by atoms with E-state index in [4.69, 9.17) is 11.6 Å². The van der Waals surface area contributed by atoms with E-state index in [2.05, 4.69) is 15.6 Å². The summed E-state index contributed by atoms with van der Waals surface area (Å²) >= 11 is 6.03. The lowest BCUT2D eigenvalue weighted by atomic mass is 10.1. The number of phenolic OH excluding ortho intramolecular Hbond substituents is 1. The van der Waals surface area contributed by atoms with Gasteiger partial charge in [-0.15, -0.1) is 0 Å². The first kappa shape index (κ1) is 18.1. The zero-order valence-electron chi connectivity index (χ0n) is 13.7. The lowest BCUT2D eigenvalue weighted by Gasteiger charge is -2.18. The summed E-state index contributed by atoms with van der Waals surface area (Å²) in [7, 11) is 0. The Hall–Kier alpha value is -2.27. The second-order valence-corrected chi connectivity index (χ2v) is 5.84. The van der Waals surface area contributed by atoms with Crippen LogP contribution in [-0.2, 0) is 6.54 Å². The normalized spacial score (nSPS) is 12.8. The summed E-state index contributed by atoms with van der Waals surface area (Å²) < 4.78 is 13.4. The van der Waals surface area contributed by atoms with Crippen molar-refractivity contribution in [3.8, 4) is 5.75 Å². The number of phenols is 1. The molecule has 2 rings (SSSR count). The first-order valence-electron chi connectivity index (χ1n) is 7.77. The monoisotopic (exact) mass is 349 g/mol. The van der Waals surface area contributed by atoms with Gasteiger partial charge in [0.15, 0.2) is 17.5 Å². The van der Waals surface area contributed by atoms with Crippen LogP contribution in [0.5, 0.6) is 5.75 Å². The van der Waals surface area contributed by atoms with Crippen LogP contribution in [0.15, 0.2) is 47.5 Å². The van der Waals surface area contributed by atoms with E-state index in [9.17, 15) is 9.50 Å². The molecule has 3 N–H and O–H groups in total. The van der Waals surface area contributed by atoms with E-state index in [1.165, 1.54) is 12.1 Å². The molecule has 0 aliphatic carbocycles. The van der Waals surface area contributed by atoms with Crippen molar-refractivity contribution in [2.24, 2.45) is 4.99 Å². The molecule has 128 valence electrons. The maximum absolute atomic E-state index is 13.4. The van der Waals surface area contributed by atoms with Crippen molar-refractivity contribution in [1.29, 1.82) is 0 Å². The molecular weight excluding hydrogens is 329 g/mol. The Kier molecular flexibility index (Phi) is 6.44. The molecule has 0 aliphatic heterocycles. The standard InChI is InChI=1S/C18H21ClFN3O/c1-3-21-18(22-11-13-7-8-17(24)16(20)9-13)23-12(2)14-5-4-6-15(19)10-14/h4-10,12,24H,3,11H2,1-2H3,(H2,21,22,23). The molecule has 0 fully saturated rings. The number of benzene rings is 2. The molecule has 24 heavy (non-hydrogen) atoms. The minimum absolute atomic E-state index is 0.0121. The highest BCUT2D eigenvalue weighted by molar-refractivity contribution is 6.30. The Morgan fingerprint density at radius 2 is 2.08 bits per heavy atom. The smallest absolute Gasteiger partial charge is 0.192 e. The first-order chi connectivity index (χ1) is 11.5. The zero-order valence-corrected chi connectivity index (χ0v) is 14.4. The van der Waals surface area contributed by atoms with Crippen LogP contribution in [0.2, 0.25) is 5.02 Å². The van der Waals surface area contributed by atoms with Gasteiger partial charge in [0, 0.05) is 11.6 Å². The van der Waals surface area contributed by atoms with Crippen molar-refractivity contribution in [2.75, 3.05) is 6.54 Å². The van der Waals surface area contributed by atoms with Crippen molar-refractivity contribution in [3.05, 3.63) is 64.4 Å². The number of aromatic hydroxyl groups is 1. The highest BCUT2D eigenvalue weighted by atomic mass is 35.5. The van der Waals surface area contributed by atoms with Gasteiger partial charge in [-0.3, -0.25) is 0 Å². The van der Waals surface area contributed by atoms with Crippen molar-refractivity contribution >= 4 is 17.6 Å². The van der Waals surface area contributed by atoms with Crippen LogP contribution in [0.3, 0.4) is 0 Å². The third-order valence-corrected chi connectivity index (χ3v) is 3.71. The van der Waals surface area contributed by atoms with Crippen molar-refractivity contribution in [3.63, 3.8) is 0 Å². The third-order valence-electron chi connectivity index (χ3n) is 3.48. The average Bonchev–Trinajstić information content (AvgIpc) is 2.56. The topological polar surface area (TPSA) is 56.7 Å². The molecule has 0 saturated heterocycles. The van der Waals surface area contributed by atoms with Gasteiger partial charge in [0.1, 0.15) is 0 Å². The summed E-state index contributed by atoms with van der Waals surface area (Å²) in [6.07, 6.45) is 0. The van der Waals surface area contributed by atoms with E-state index >= 15 is 0 Å². The number of rotatable bonds is 5. The van der Waals surface area contributed by atoms with Gasteiger partial charge in [0.25, 0.3) is 0 Å². The van der Waals surface area contributed by atoms with Gasteiger partial charge in [-0.05, 0) is 49.2 Å². The van der Waals surface area contributed by atoms with Crippen LogP contribution in [0, 0.1) is 5.82 Å². The fraction of sp³-hybridized carbons (Fsp3) is 0.278. The molecule has 0 amide bonds. The number of halogens is 2. The van der Waals surface area contributed by atoms with E-state index in [-0.39, 0.29) is 11.8 Å². The molecule has 0 heterocycles. The molecule has 4 nitrogen and oxygen atoms in total. The van der Waals surface area contributed by atoms with Crippen molar-refractivity contribution in [2.45, 2.75) is 26.4 Å². The highest BCUT2D eigenvalue weighted by Gasteiger charge is 2.08. The number of hydrogen-bond acceptors (Lipinski definition) is 2. The summed E-state index contributed by atoms with van der Waals surface area (Å²) in [5, 5.41) is 16.4. The molecule has 0 bridgehead atoms. The molecule has 2 aromatic carbocycles. The Morgan fingerprint density at radius 1 is 1.29 bits per heavy atom. The Bertz CT molecular complexity index is 721. The molecule has 0 radical (unpaired) electrons. The number of aliphatic imine (C=N–C) groups is 1. The average molecular weight is 350 g/mol. The van der Waals surface area contributed by atoms with Gasteiger partial charge in [0.2, 0.25) is 0 Å². The fourth-order valence-electron chi connectivity index (χ4n) is 2.20. The lowest BCUT2D eigenvalue weighted by Crippen LogP contribution is -2.38. The van der Waals surface area contributed by atoms with Gasteiger partial charge < -0.3 is 15.7 Å². The largest absolute Gasteiger partial charge is 0.505 e. The lowest BCUT2D eigenvalue weighted by molar-refractivity contribution is 0.432. The number of nitrogens with zero attached hydrogens (tertiary/aromatic N) is 1. The number of hydrogen-bond donors (Lipinski definition) is 3. The SMILES string of the molecule is CCNC(=NCc1ccc(O)c(F)c1)NC(C)c1cccc(Cl)c1. The van der Waals surface area contributed by atoms with Gasteiger partial charge in [-0.2, -0.15) is 0 Å². The van der Waals surface area contributed by atoms with Crippen LogP contribution in [0.1, 0.15) is 31.0 Å². The van der Waals surface area contributed by atoms with Crippen LogP contribution < -0.4 is 10.6 Å². The van der Waals surface area contributed by atoms with Crippen LogP contribution in [0.4, 0.5) is 4.39 Å². The zero-order chi connectivity index (χ0) is 17.5. The predicted octanol–water partition coefficient (Wildman–Crippen LogP) is 4.00. The maximum Gasteiger partial charge on any atom is 0.192 e. The molecular formula is C18H21ClFN3O. The molecule has 0 saturated carbocycles. The maximum atomic E-state index is 13.4. The van der Waals surface area contributed by atoms with Crippen molar-refractivity contribution in [1.82, 2.24) is 10.6 Å². The summed E-state index contributed by atoms with van der Waals surface area (Å²) in [6.45, 7) is 4.99. The van der Waals surface area contributed by atoms with Gasteiger partial charge in [-0.25, -0.2) is 9.38 Å². The number of guanidine groups is 1. The summed E-state index contributed by atoms with van der Waals surface area (Å²) in [4.78, 5) is 4.46. The van der Waals surface area contributed by atoms with Gasteiger partial charge in [-0.1, -0.05) is 29.8 Å². The summed E-state index contributed by atoms with van der Waals surface area (Å²) in [5.41, 5.74) is 1.72.